The summed E-state index contributed by atoms with van der Waals surface area (Å²) in [6.07, 6.45) is 21.0. The zero-order valence-corrected chi connectivity index (χ0v) is 12.6. The topological polar surface area (TPSA) is 38.0 Å². The molecule has 19 heavy (non-hydrogen) atoms. The number of nitrogens with two attached hydrogens (primary N) is 1. The molecule has 3 N–H and O–H groups in total. The van der Waals surface area contributed by atoms with Crippen LogP contribution in [0.4, 0.5) is 0 Å². The molecule has 110 valence electrons. The molecule has 0 aliphatic heterocycles. The molecule has 0 saturated heterocycles. The van der Waals surface area contributed by atoms with Gasteiger partial charge in [0.15, 0.2) is 0 Å². The van der Waals surface area contributed by atoms with E-state index in [9.17, 15) is 0 Å². The van der Waals surface area contributed by atoms with E-state index in [-0.39, 0.29) is 5.54 Å². The van der Waals surface area contributed by atoms with Gasteiger partial charge in [-0.05, 0) is 12.8 Å². The standard InChI is InChI=1S/C17H32N2/c1-2-3-15-19-17(16-18)13-11-9-7-5-4-6-8-10-12-14-17/h1,19H,3-16,18H2. The number of nitrogens with one attached hydrogen (secondary N) is 1. The van der Waals surface area contributed by atoms with E-state index >= 15 is 0 Å². The summed E-state index contributed by atoms with van der Waals surface area (Å²) in [5, 5.41) is 3.67. The van der Waals surface area contributed by atoms with E-state index in [0.717, 1.165) is 19.5 Å². The second-order valence-corrected chi connectivity index (χ2v) is 6.05. The summed E-state index contributed by atoms with van der Waals surface area (Å²) in [5.74, 6) is 2.71. The predicted molar refractivity (Wildman–Crippen MR) is 84.0 cm³/mol. The van der Waals surface area contributed by atoms with Gasteiger partial charge >= 0.3 is 0 Å². The highest BCUT2D eigenvalue weighted by atomic mass is 15.0. The van der Waals surface area contributed by atoms with Crippen molar-refractivity contribution in [3.8, 4) is 12.3 Å². The molecule has 1 aliphatic rings. The molecular formula is C17H32N2. The summed E-state index contributed by atoms with van der Waals surface area (Å²) < 4.78 is 0. The zero-order valence-electron chi connectivity index (χ0n) is 12.6. The Labute approximate surface area is 119 Å². The van der Waals surface area contributed by atoms with Crippen molar-refractivity contribution in [1.29, 1.82) is 0 Å². The van der Waals surface area contributed by atoms with Crippen molar-refractivity contribution in [3.05, 3.63) is 0 Å². The monoisotopic (exact) mass is 264 g/mol. The Morgan fingerprint density at radius 2 is 1.37 bits per heavy atom. The van der Waals surface area contributed by atoms with Gasteiger partial charge in [0.25, 0.3) is 0 Å². The largest absolute Gasteiger partial charge is 0.329 e. The quantitative estimate of drug-likeness (QED) is 0.601. The van der Waals surface area contributed by atoms with Gasteiger partial charge in [-0.1, -0.05) is 57.8 Å². The van der Waals surface area contributed by atoms with Crippen LogP contribution < -0.4 is 11.1 Å². The van der Waals surface area contributed by atoms with E-state index in [1.165, 1.54) is 70.6 Å². The molecule has 2 nitrogen and oxygen atoms in total. The molecule has 1 aliphatic carbocycles. The molecule has 0 bridgehead atoms. The fraction of sp³-hybridized carbons (Fsp3) is 0.882. The summed E-state index contributed by atoms with van der Waals surface area (Å²) in [5.41, 5.74) is 6.24. The van der Waals surface area contributed by atoms with Crippen LogP contribution in [0.3, 0.4) is 0 Å². The van der Waals surface area contributed by atoms with Crippen molar-refractivity contribution >= 4 is 0 Å². The molecule has 1 rings (SSSR count). The Morgan fingerprint density at radius 3 is 1.79 bits per heavy atom. The van der Waals surface area contributed by atoms with Crippen LogP contribution in [0.2, 0.25) is 0 Å². The van der Waals surface area contributed by atoms with Gasteiger partial charge in [-0.2, -0.15) is 0 Å². The number of rotatable bonds is 4. The van der Waals surface area contributed by atoms with E-state index in [4.69, 9.17) is 12.2 Å². The summed E-state index contributed by atoms with van der Waals surface area (Å²) in [6, 6.07) is 0. The van der Waals surface area contributed by atoms with Crippen molar-refractivity contribution < 1.29 is 0 Å². The molecule has 1 saturated carbocycles. The van der Waals surface area contributed by atoms with Crippen molar-refractivity contribution in [2.75, 3.05) is 13.1 Å². The van der Waals surface area contributed by atoms with Crippen LogP contribution in [0.15, 0.2) is 0 Å². The van der Waals surface area contributed by atoms with E-state index in [1.54, 1.807) is 0 Å². The van der Waals surface area contributed by atoms with Gasteiger partial charge in [-0.25, -0.2) is 0 Å². The first-order valence-corrected chi connectivity index (χ1v) is 8.21. The fourth-order valence-corrected chi connectivity index (χ4v) is 3.14. The van der Waals surface area contributed by atoms with Crippen LogP contribution in [-0.4, -0.2) is 18.6 Å². The van der Waals surface area contributed by atoms with Gasteiger partial charge in [0.1, 0.15) is 0 Å². The lowest BCUT2D eigenvalue weighted by atomic mass is 9.85. The number of hydrogen-bond donors (Lipinski definition) is 2. The molecule has 0 aromatic carbocycles. The maximum absolute atomic E-state index is 6.09. The van der Waals surface area contributed by atoms with Gasteiger partial charge < -0.3 is 11.1 Å². The maximum Gasteiger partial charge on any atom is 0.0304 e. The van der Waals surface area contributed by atoms with E-state index in [0.29, 0.717) is 0 Å². The molecule has 1 fully saturated rings. The zero-order chi connectivity index (χ0) is 13.8. The summed E-state index contributed by atoms with van der Waals surface area (Å²) in [4.78, 5) is 0. The Balaban J connectivity index is 2.48. The van der Waals surface area contributed by atoms with Gasteiger partial charge in [0, 0.05) is 25.0 Å². The van der Waals surface area contributed by atoms with Crippen molar-refractivity contribution in [2.45, 2.75) is 82.6 Å². The smallest absolute Gasteiger partial charge is 0.0304 e. The third-order valence-electron chi connectivity index (χ3n) is 4.47. The lowest BCUT2D eigenvalue weighted by molar-refractivity contribution is 0.269. The first-order valence-electron chi connectivity index (χ1n) is 8.21. The Kier molecular flexibility index (Phi) is 8.95. The molecule has 0 unspecified atom stereocenters. The lowest BCUT2D eigenvalue weighted by Gasteiger charge is -2.34. The van der Waals surface area contributed by atoms with E-state index in [2.05, 4.69) is 11.2 Å². The fourth-order valence-electron chi connectivity index (χ4n) is 3.14. The van der Waals surface area contributed by atoms with Crippen molar-refractivity contribution in [2.24, 2.45) is 5.73 Å². The first kappa shape index (κ1) is 16.5. The average Bonchev–Trinajstić information content (AvgIpc) is 2.42. The molecule has 0 amide bonds. The van der Waals surface area contributed by atoms with Crippen LogP contribution >= 0.6 is 0 Å². The highest BCUT2D eigenvalue weighted by molar-refractivity contribution is 4.92. The van der Waals surface area contributed by atoms with Crippen LogP contribution in [0.25, 0.3) is 0 Å². The summed E-state index contributed by atoms with van der Waals surface area (Å²) >= 11 is 0. The molecule has 0 spiro atoms. The molecule has 0 atom stereocenters. The molecule has 0 aromatic rings. The maximum atomic E-state index is 6.09. The summed E-state index contributed by atoms with van der Waals surface area (Å²) in [7, 11) is 0. The van der Waals surface area contributed by atoms with Gasteiger partial charge in [-0.15, -0.1) is 12.3 Å². The lowest BCUT2D eigenvalue weighted by Crippen LogP contribution is -2.51. The average molecular weight is 264 g/mol. The highest BCUT2D eigenvalue weighted by Gasteiger charge is 2.26. The molecular weight excluding hydrogens is 232 g/mol. The Hall–Kier alpha value is -0.520. The van der Waals surface area contributed by atoms with E-state index in [1.807, 2.05) is 0 Å². The normalized spacial score (nSPS) is 21.9. The third-order valence-corrected chi connectivity index (χ3v) is 4.47. The second-order valence-electron chi connectivity index (χ2n) is 6.05. The predicted octanol–water partition coefficient (Wildman–Crippen LogP) is 3.60. The minimum Gasteiger partial charge on any atom is -0.329 e. The molecule has 0 aromatic heterocycles. The van der Waals surface area contributed by atoms with Crippen LogP contribution in [0, 0.1) is 12.3 Å². The first-order chi connectivity index (χ1) is 9.33. The Bertz CT molecular complexity index is 242. The molecule has 2 heteroatoms. The van der Waals surface area contributed by atoms with Gasteiger partial charge in [0.2, 0.25) is 0 Å². The summed E-state index contributed by atoms with van der Waals surface area (Å²) in [6.45, 7) is 1.66. The van der Waals surface area contributed by atoms with Crippen molar-refractivity contribution in [3.63, 3.8) is 0 Å². The van der Waals surface area contributed by atoms with Gasteiger partial charge in [-0.3, -0.25) is 0 Å². The van der Waals surface area contributed by atoms with Crippen LogP contribution in [0.5, 0.6) is 0 Å². The van der Waals surface area contributed by atoms with Gasteiger partial charge in [0.05, 0.1) is 0 Å². The van der Waals surface area contributed by atoms with Crippen molar-refractivity contribution in [1.82, 2.24) is 5.32 Å². The third kappa shape index (κ3) is 6.99. The number of hydrogen-bond acceptors (Lipinski definition) is 2. The van der Waals surface area contributed by atoms with Crippen LogP contribution in [0.1, 0.15) is 77.0 Å². The second kappa shape index (κ2) is 10.3. The minimum absolute atomic E-state index is 0.149. The molecule has 0 heterocycles. The number of terminal acetylenes is 1. The Morgan fingerprint density at radius 1 is 0.895 bits per heavy atom. The minimum atomic E-state index is 0.149. The highest BCUT2D eigenvalue weighted by Crippen LogP contribution is 2.24. The molecule has 0 radical (unpaired) electrons. The SMILES string of the molecule is C#CCCNC1(CN)CCCCCCCCCCC1. The van der Waals surface area contributed by atoms with Crippen LogP contribution in [-0.2, 0) is 0 Å². The van der Waals surface area contributed by atoms with E-state index < -0.39 is 0 Å².